The summed E-state index contributed by atoms with van der Waals surface area (Å²) in [5, 5.41) is 4.84. The van der Waals surface area contributed by atoms with Gasteiger partial charge in [-0.25, -0.2) is 4.98 Å². The maximum absolute atomic E-state index is 5.13. The Labute approximate surface area is 289 Å². The van der Waals surface area contributed by atoms with Gasteiger partial charge in [-0.2, -0.15) is 0 Å². The molecule has 0 aliphatic carbocycles. The zero-order valence-corrected chi connectivity index (χ0v) is 27.1. The average Bonchev–Trinajstić information content (AvgIpc) is 3.71. The first-order valence-corrected chi connectivity index (χ1v) is 16.9. The van der Waals surface area contributed by atoms with E-state index in [1.807, 2.05) is 24.5 Å². The number of pyridine rings is 2. The van der Waals surface area contributed by atoms with Gasteiger partial charge in [0.25, 0.3) is 0 Å². The second kappa shape index (κ2) is 11.4. The molecule has 0 atom stereocenters. The molecular weight excluding hydrogens is 609 g/mol. The smallest absolute Gasteiger partial charge is 0.0730 e. The first kappa shape index (κ1) is 28.3. The minimum absolute atomic E-state index is 0.931. The third-order valence-electron chi connectivity index (χ3n) is 9.80. The maximum Gasteiger partial charge on any atom is 0.0730 e. The van der Waals surface area contributed by atoms with Crippen molar-refractivity contribution in [2.75, 3.05) is 0 Å². The minimum Gasteiger partial charge on any atom is -0.309 e. The number of hydrogen-bond donors (Lipinski definition) is 0. The van der Waals surface area contributed by atoms with Gasteiger partial charge >= 0.3 is 0 Å². The lowest BCUT2D eigenvalue weighted by Crippen LogP contribution is -1.98. The number of fused-ring (bicyclic) bond motifs is 6. The van der Waals surface area contributed by atoms with Crippen LogP contribution in [0.2, 0.25) is 0 Å². The van der Waals surface area contributed by atoms with E-state index in [-0.39, 0.29) is 0 Å². The van der Waals surface area contributed by atoms with E-state index in [2.05, 4.69) is 172 Å². The standard InChI is InChI=1S/C46H30N4/c1-4-12-31(13-5-1)41-28-36(29-42(48-41)32-14-6-2-7-15-32)50-45-23-21-34(27-40(45)38-24-25-47-30-46(38)50)33-20-22-44-39(26-33)37-18-10-11-19-43(37)49(44)35-16-8-3-9-17-35/h1-30H. The summed E-state index contributed by atoms with van der Waals surface area (Å²) >= 11 is 0. The molecule has 4 nitrogen and oxygen atoms in total. The molecule has 4 heteroatoms. The molecule has 0 saturated carbocycles. The number of rotatable bonds is 5. The highest BCUT2D eigenvalue weighted by Gasteiger charge is 2.18. The van der Waals surface area contributed by atoms with Gasteiger partial charge in [0, 0.05) is 44.6 Å². The lowest BCUT2D eigenvalue weighted by atomic mass is 10.0. The average molecular weight is 639 g/mol. The van der Waals surface area contributed by atoms with Gasteiger partial charge < -0.3 is 9.13 Å². The highest BCUT2D eigenvalue weighted by Crippen LogP contribution is 2.39. The van der Waals surface area contributed by atoms with Gasteiger partial charge in [0.05, 0.1) is 45.3 Å². The van der Waals surface area contributed by atoms with Crippen LogP contribution in [0.25, 0.3) is 88.6 Å². The van der Waals surface area contributed by atoms with E-state index in [9.17, 15) is 0 Å². The Morgan fingerprint density at radius 1 is 0.340 bits per heavy atom. The summed E-state index contributed by atoms with van der Waals surface area (Å²) in [6.45, 7) is 0. The fourth-order valence-corrected chi connectivity index (χ4v) is 7.49. The van der Waals surface area contributed by atoms with E-state index in [1.165, 1.54) is 38.3 Å². The molecule has 6 aromatic carbocycles. The predicted octanol–water partition coefficient (Wildman–Crippen LogP) is 11.7. The van der Waals surface area contributed by atoms with Crippen LogP contribution >= 0.6 is 0 Å². The molecule has 0 unspecified atom stereocenters. The van der Waals surface area contributed by atoms with Gasteiger partial charge in [-0.1, -0.05) is 109 Å². The van der Waals surface area contributed by atoms with Gasteiger partial charge in [-0.05, 0) is 71.8 Å². The molecule has 4 heterocycles. The van der Waals surface area contributed by atoms with Crippen LogP contribution in [0.15, 0.2) is 182 Å². The van der Waals surface area contributed by atoms with Crippen molar-refractivity contribution in [3.8, 4) is 45.0 Å². The third kappa shape index (κ3) is 4.54. The first-order chi connectivity index (χ1) is 24.8. The van der Waals surface area contributed by atoms with E-state index in [0.29, 0.717) is 0 Å². The van der Waals surface area contributed by atoms with Gasteiger partial charge in [-0.3, -0.25) is 4.98 Å². The molecule has 234 valence electrons. The molecule has 0 aliphatic heterocycles. The molecule has 0 amide bonds. The first-order valence-electron chi connectivity index (χ1n) is 16.9. The van der Waals surface area contributed by atoms with Crippen molar-refractivity contribution in [3.05, 3.63) is 182 Å². The molecule has 10 rings (SSSR count). The Hall–Kier alpha value is -6.78. The van der Waals surface area contributed by atoms with Crippen molar-refractivity contribution in [3.63, 3.8) is 0 Å². The van der Waals surface area contributed by atoms with E-state index >= 15 is 0 Å². The van der Waals surface area contributed by atoms with Crippen LogP contribution in [-0.4, -0.2) is 19.1 Å². The van der Waals surface area contributed by atoms with Crippen molar-refractivity contribution < 1.29 is 0 Å². The van der Waals surface area contributed by atoms with E-state index in [0.717, 1.165) is 50.3 Å². The largest absolute Gasteiger partial charge is 0.309 e. The number of aromatic nitrogens is 4. The molecule has 0 saturated heterocycles. The van der Waals surface area contributed by atoms with Crippen LogP contribution in [0.4, 0.5) is 0 Å². The predicted molar refractivity (Wildman–Crippen MR) is 207 cm³/mol. The topological polar surface area (TPSA) is 35.6 Å². The number of nitrogens with zero attached hydrogens (tertiary/aromatic N) is 4. The fraction of sp³-hybridized carbons (Fsp3) is 0. The zero-order chi connectivity index (χ0) is 33.0. The van der Waals surface area contributed by atoms with Crippen molar-refractivity contribution >= 4 is 43.6 Å². The molecule has 0 bridgehead atoms. The summed E-state index contributed by atoms with van der Waals surface area (Å²) in [5.41, 5.74) is 13.2. The molecule has 50 heavy (non-hydrogen) atoms. The number of hydrogen-bond acceptors (Lipinski definition) is 2. The second-order valence-corrected chi connectivity index (χ2v) is 12.7. The summed E-state index contributed by atoms with van der Waals surface area (Å²) in [7, 11) is 0. The van der Waals surface area contributed by atoms with E-state index < -0.39 is 0 Å². The normalized spacial score (nSPS) is 11.6. The van der Waals surface area contributed by atoms with E-state index in [4.69, 9.17) is 4.98 Å². The summed E-state index contributed by atoms with van der Waals surface area (Å²) < 4.78 is 4.69. The molecule has 0 spiro atoms. The third-order valence-corrected chi connectivity index (χ3v) is 9.80. The lowest BCUT2D eigenvalue weighted by molar-refractivity contribution is 1.15. The Bertz CT molecular complexity index is 2790. The summed E-state index contributed by atoms with van der Waals surface area (Å²) in [6, 6.07) is 60.3. The summed E-state index contributed by atoms with van der Waals surface area (Å²) in [6.07, 6.45) is 3.87. The van der Waals surface area contributed by atoms with Crippen LogP contribution in [0.5, 0.6) is 0 Å². The van der Waals surface area contributed by atoms with E-state index in [1.54, 1.807) is 0 Å². The van der Waals surface area contributed by atoms with Crippen LogP contribution in [-0.2, 0) is 0 Å². The maximum atomic E-state index is 5.13. The molecule has 0 aliphatic rings. The number of benzene rings is 6. The Balaban J connectivity index is 1.17. The minimum atomic E-state index is 0.931. The van der Waals surface area contributed by atoms with Crippen LogP contribution < -0.4 is 0 Å². The molecule has 0 fully saturated rings. The van der Waals surface area contributed by atoms with Crippen LogP contribution in [0, 0.1) is 0 Å². The number of para-hydroxylation sites is 2. The van der Waals surface area contributed by atoms with Crippen molar-refractivity contribution in [1.82, 2.24) is 19.1 Å². The van der Waals surface area contributed by atoms with Crippen LogP contribution in [0.3, 0.4) is 0 Å². The molecule has 0 radical (unpaired) electrons. The van der Waals surface area contributed by atoms with Crippen molar-refractivity contribution in [2.45, 2.75) is 0 Å². The molecule has 0 N–H and O–H groups in total. The Morgan fingerprint density at radius 3 is 1.46 bits per heavy atom. The van der Waals surface area contributed by atoms with Crippen molar-refractivity contribution in [1.29, 1.82) is 0 Å². The van der Waals surface area contributed by atoms with Gasteiger partial charge in [-0.15, -0.1) is 0 Å². The van der Waals surface area contributed by atoms with Crippen LogP contribution in [0.1, 0.15) is 0 Å². The SMILES string of the molecule is c1ccc(-c2cc(-n3c4ccc(-c5ccc6c(c5)c5ccccc5n6-c5ccccc5)cc4c4ccncc43)cc(-c3ccccc3)n2)cc1. The molecule has 4 aromatic heterocycles. The van der Waals surface area contributed by atoms with Gasteiger partial charge in [0.2, 0.25) is 0 Å². The highest BCUT2D eigenvalue weighted by atomic mass is 15.0. The Kier molecular flexibility index (Phi) is 6.46. The van der Waals surface area contributed by atoms with Gasteiger partial charge in [0.1, 0.15) is 0 Å². The highest BCUT2D eigenvalue weighted by molar-refractivity contribution is 6.12. The monoisotopic (exact) mass is 638 g/mol. The quantitative estimate of drug-likeness (QED) is 0.188. The van der Waals surface area contributed by atoms with Crippen molar-refractivity contribution in [2.24, 2.45) is 0 Å². The fourth-order valence-electron chi connectivity index (χ4n) is 7.49. The molecular formula is C46H30N4. The van der Waals surface area contributed by atoms with Gasteiger partial charge in [0.15, 0.2) is 0 Å². The summed E-state index contributed by atoms with van der Waals surface area (Å²) in [5.74, 6) is 0. The summed E-state index contributed by atoms with van der Waals surface area (Å²) in [4.78, 5) is 9.72. The second-order valence-electron chi connectivity index (χ2n) is 12.7. The lowest BCUT2D eigenvalue weighted by Gasteiger charge is -2.13. The Morgan fingerprint density at radius 2 is 0.840 bits per heavy atom. The molecule has 10 aromatic rings. The zero-order valence-electron chi connectivity index (χ0n) is 27.1.